The monoisotopic (exact) mass is 429 g/mol. The van der Waals surface area contributed by atoms with Crippen molar-refractivity contribution in [2.45, 2.75) is 11.8 Å². The lowest BCUT2D eigenvalue weighted by atomic mass is 10.3. The number of nitro benzene ring substituents is 1. The number of ether oxygens (including phenoxy) is 1. The van der Waals surface area contributed by atoms with Crippen molar-refractivity contribution in [3.05, 3.63) is 28.3 Å². The zero-order chi connectivity index (χ0) is 21.6. The van der Waals surface area contributed by atoms with Gasteiger partial charge in [0.1, 0.15) is 0 Å². The van der Waals surface area contributed by atoms with Crippen LogP contribution in [0.3, 0.4) is 0 Å². The van der Waals surface area contributed by atoms with Gasteiger partial charge >= 0.3 is 11.7 Å². The number of piperazine rings is 1. The van der Waals surface area contributed by atoms with E-state index in [-0.39, 0.29) is 49.3 Å². The van der Waals surface area contributed by atoms with E-state index < -0.39 is 26.7 Å². The van der Waals surface area contributed by atoms with Gasteiger partial charge in [0.05, 0.1) is 23.5 Å². The molecular formula is C16H23N5O7S. The Bertz CT molecular complexity index is 882. The van der Waals surface area contributed by atoms with E-state index >= 15 is 0 Å². The maximum absolute atomic E-state index is 12.8. The van der Waals surface area contributed by atoms with Crippen molar-refractivity contribution >= 4 is 27.6 Å². The largest absolute Gasteiger partial charge is 0.490 e. The molecular weight excluding hydrogens is 406 g/mol. The molecule has 3 amide bonds. The van der Waals surface area contributed by atoms with Crippen LogP contribution in [0.2, 0.25) is 0 Å². The first kappa shape index (κ1) is 22.4. The van der Waals surface area contributed by atoms with Crippen LogP contribution < -0.4 is 15.4 Å². The van der Waals surface area contributed by atoms with Gasteiger partial charge in [-0.1, -0.05) is 0 Å². The summed E-state index contributed by atoms with van der Waals surface area (Å²) in [6, 6.07) is 2.97. The lowest BCUT2D eigenvalue weighted by molar-refractivity contribution is -0.386. The van der Waals surface area contributed by atoms with Crippen LogP contribution in [-0.4, -0.2) is 80.9 Å². The minimum atomic E-state index is -3.97. The van der Waals surface area contributed by atoms with Crippen LogP contribution in [0.25, 0.3) is 0 Å². The summed E-state index contributed by atoms with van der Waals surface area (Å²) in [6.45, 7) is 2.34. The van der Waals surface area contributed by atoms with Gasteiger partial charge in [0.2, 0.25) is 15.9 Å². The number of likely N-dealkylation sites (N-methyl/N-ethyl adjacent to an activating group) is 1. The summed E-state index contributed by atoms with van der Waals surface area (Å²) in [5, 5.41) is 16.2. The fourth-order valence-corrected chi connectivity index (χ4v) is 4.22. The van der Waals surface area contributed by atoms with Crippen LogP contribution in [0.5, 0.6) is 5.75 Å². The van der Waals surface area contributed by atoms with Crippen LogP contribution in [0, 0.1) is 10.1 Å². The molecule has 1 aliphatic rings. The highest BCUT2D eigenvalue weighted by molar-refractivity contribution is 7.89. The number of hydrogen-bond donors (Lipinski definition) is 2. The summed E-state index contributed by atoms with van der Waals surface area (Å²) >= 11 is 0. The van der Waals surface area contributed by atoms with E-state index in [0.717, 1.165) is 10.4 Å². The minimum absolute atomic E-state index is 0.0245. The maximum atomic E-state index is 12.8. The summed E-state index contributed by atoms with van der Waals surface area (Å²) < 4.78 is 31.7. The number of amides is 3. The van der Waals surface area contributed by atoms with Crippen LogP contribution in [-0.2, 0) is 14.8 Å². The van der Waals surface area contributed by atoms with Crippen molar-refractivity contribution in [3.8, 4) is 5.75 Å². The fourth-order valence-electron chi connectivity index (χ4n) is 2.78. The van der Waals surface area contributed by atoms with E-state index in [1.807, 2.05) is 0 Å². The molecule has 1 fully saturated rings. The number of nitrogens with one attached hydrogen (secondary N) is 2. The highest BCUT2D eigenvalue weighted by Gasteiger charge is 2.32. The molecule has 0 spiro atoms. The third-order valence-electron chi connectivity index (χ3n) is 4.28. The van der Waals surface area contributed by atoms with Gasteiger partial charge in [0.15, 0.2) is 5.75 Å². The van der Waals surface area contributed by atoms with Crippen molar-refractivity contribution in [2.24, 2.45) is 0 Å². The first-order chi connectivity index (χ1) is 13.7. The van der Waals surface area contributed by atoms with Crippen molar-refractivity contribution < 1.29 is 27.7 Å². The fraction of sp³-hybridized carbons (Fsp3) is 0.500. The third kappa shape index (κ3) is 5.32. The van der Waals surface area contributed by atoms with E-state index in [0.29, 0.717) is 6.54 Å². The standard InChI is InChI=1S/C16H23N5O7S/c1-3-17-15(22)11-18-16(23)19-6-8-20(9-7-19)29(26,27)12-4-5-14(28-2)13(10-12)21(24)25/h4-5,10H,3,6-9,11H2,1-2H3,(H,17,22)(H,18,23). The van der Waals surface area contributed by atoms with E-state index in [9.17, 15) is 28.1 Å². The van der Waals surface area contributed by atoms with Crippen LogP contribution in [0.1, 0.15) is 6.92 Å². The molecule has 13 heteroatoms. The average Bonchev–Trinajstić information content (AvgIpc) is 2.71. The molecule has 1 heterocycles. The number of nitro groups is 1. The Hall–Kier alpha value is -2.93. The van der Waals surface area contributed by atoms with Gasteiger partial charge in [0, 0.05) is 38.8 Å². The summed E-state index contributed by atoms with van der Waals surface area (Å²) in [6.07, 6.45) is 0. The molecule has 160 valence electrons. The predicted octanol–water partition coefficient (Wildman–Crippen LogP) is -0.245. The molecule has 0 saturated carbocycles. The summed E-state index contributed by atoms with van der Waals surface area (Å²) in [7, 11) is -2.72. The van der Waals surface area contributed by atoms with Crippen molar-refractivity contribution in [2.75, 3.05) is 46.4 Å². The van der Waals surface area contributed by atoms with Crippen molar-refractivity contribution in [1.29, 1.82) is 0 Å². The Labute approximate surface area is 168 Å². The quantitative estimate of drug-likeness (QED) is 0.448. The smallest absolute Gasteiger partial charge is 0.317 e. The van der Waals surface area contributed by atoms with Crippen molar-refractivity contribution in [3.63, 3.8) is 0 Å². The second-order valence-corrected chi connectivity index (χ2v) is 8.03. The van der Waals surface area contributed by atoms with Crippen LogP contribution in [0.4, 0.5) is 10.5 Å². The average molecular weight is 429 g/mol. The molecule has 1 saturated heterocycles. The summed E-state index contributed by atoms with van der Waals surface area (Å²) in [4.78, 5) is 35.1. The Kier molecular flexibility index (Phi) is 7.34. The second-order valence-electron chi connectivity index (χ2n) is 6.09. The third-order valence-corrected chi connectivity index (χ3v) is 6.18. The maximum Gasteiger partial charge on any atom is 0.317 e. The first-order valence-electron chi connectivity index (χ1n) is 8.82. The zero-order valence-electron chi connectivity index (χ0n) is 16.1. The first-order valence-corrected chi connectivity index (χ1v) is 10.3. The van der Waals surface area contributed by atoms with Gasteiger partial charge in [-0.25, -0.2) is 13.2 Å². The number of rotatable bonds is 7. The van der Waals surface area contributed by atoms with Gasteiger partial charge < -0.3 is 20.3 Å². The molecule has 1 aromatic rings. The van der Waals surface area contributed by atoms with Gasteiger partial charge in [-0.15, -0.1) is 0 Å². The van der Waals surface area contributed by atoms with Crippen LogP contribution >= 0.6 is 0 Å². The van der Waals surface area contributed by atoms with E-state index in [4.69, 9.17) is 4.74 Å². The normalized spacial score (nSPS) is 14.9. The molecule has 29 heavy (non-hydrogen) atoms. The van der Waals surface area contributed by atoms with E-state index in [1.54, 1.807) is 6.92 Å². The molecule has 0 unspecified atom stereocenters. The number of benzene rings is 1. The van der Waals surface area contributed by atoms with Crippen LogP contribution in [0.15, 0.2) is 23.1 Å². The van der Waals surface area contributed by atoms with Gasteiger partial charge in [0.25, 0.3) is 0 Å². The zero-order valence-corrected chi connectivity index (χ0v) is 16.9. The molecule has 1 aromatic carbocycles. The van der Waals surface area contributed by atoms with Crippen molar-refractivity contribution in [1.82, 2.24) is 19.8 Å². The number of carbonyl (C=O) groups is 2. The highest BCUT2D eigenvalue weighted by atomic mass is 32.2. The number of hydrogen-bond acceptors (Lipinski definition) is 7. The number of urea groups is 1. The molecule has 2 N–H and O–H groups in total. The second kappa shape index (κ2) is 9.52. The molecule has 0 aliphatic carbocycles. The Balaban J connectivity index is 2.03. The summed E-state index contributed by atoms with van der Waals surface area (Å²) in [5.41, 5.74) is -0.447. The van der Waals surface area contributed by atoms with E-state index in [1.165, 1.54) is 24.1 Å². The minimum Gasteiger partial charge on any atom is -0.490 e. The Morgan fingerprint density at radius 3 is 2.41 bits per heavy atom. The molecule has 0 aromatic heterocycles. The lowest BCUT2D eigenvalue weighted by Gasteiger charge is -2.33. The molecule has 2 rings (SSSR count). The van der Waals surface area contributed by atoms with Gasteiger partial charge in [-0.2, -0.15) is 4.31 Å². The Morgan fingerprint density at radius 2 is 1.86 bits per heavy atom. The molecule has 1 aliphatic heterocycles. The molecule has 0 atom stereocenters. The Morgan fingerprint density at radius 1 is 1.21 bits per heavy atom. The van der Waals surface area contributed by atoms with Gasteiger partial charge in [-0.05, 0) is 19.1 Å². The number of nitrogens with zero attached hydrogens (tertiary/aromatic N) is 3. The number of methoxy groups -OCH3 is 1. The van der Waals surface area contributed by atoms with E-state index in [2.05, 4.69) is 10.6 Å². The molecule has 12 nitrogen and oxygen atoms in total. The topological polar surface area (TPSA) is 151 Å². The molecule has 0 bridgehead atoms. The summed E-state index contributed by atoms with van der Waals surface area (Å²) in [5.74, 6) is -0.356. The number of carbonyl (C=O) groups excluding carboxylic acids is 2. The highest BCUT2D eigenvalue weighted by Crippen LogP contribution is 2.30. The number of sulfonamides is 1. The van der Waals surface area contributed by atoms with Gasteiger partial charge in [-0.3, -0.25) is 14.9 Å². The molecule has 0 radical (unpaired) electrons. The lowest BCUT2D eigenvalue weighted by Crippen LogP contribution is -2.54. The SMILES string of the molecule is CCNC(=O)CNC(=O)N1CCN(S(=O)(=O)c2ccc(OC)c([N+](=O)[O-])c2)CC1. The predicted molar refractivity (Wildman–Crippen MR) is 102 cm³/mol.